The average Bonchev–Trinajstić information content (AvgIpc) is 2.79. The standard InChI is InChI=1S/C22H22FN3O3/c23-22(26-10-12-29-13-11-26,25-21(28)16-4-2-1-3-5-16)18-7-9-20-17(14-18)6-8-19(15-27)24-20/h1-9,14,27H,10-13,15H2,(H,25,28). The summed E-state index contributed by atoms with van der Waals surface area (Å²) in [6.07, 6.45) is 0. The van der Waals surface area contributed by atoms with Crippen LogP contribution in [0, 0.1) is 0 Å². The number of morpholine rings is 1. The molecule has 0 spiro atoms. The molecule has 1 amide bonds. The Hall–Kier alpha value is -2.87. The number of amides is 1. The van der Waals surface area contributed by atoms with Crippen LogP contribution in [0.25, 0.3) is 10.9 Å². The Morgan fingerprint density at radius 2 is 1.90 bits per heavy atom. The van der Waals surface area contributed by atoms with Gasteiger partial charge < -0.3 is 15.2 Å². The van der Waals surface area contributed by atoms with Crippen molar-refractivity contribution in [1.29, 1.82) is 0 Å². The van der Waals surface area contributed by atoms with Crippen LogP contribution in [0.2, 0.25) is 0 Å². The number of fused-ring (bicyclic) bond motifs is 1. The van der Waals surface area contributed by atoms with Gasteiger partial charge in [-0.25, -0.2) is 4.90 Å². The number of carbonyl (C=O) groups is 1. The number of nitrogens with zero attached hydrogens (tertiary/aromatic N) is 2. The van der Waals surface area contributed by atoms with Gasteiger partial charge in [0.1, 0.15) is 0 Å². The van der Waals surface area contributed by atoms with Gasteiger partial charge in [-0.1, -0.05) is 30.3 Å². The third kappa shape index (κ3) is 3.98. The van der Waals surface area contributed by atoms with Gasteiger partial charge in [0.15, 0.2) is 0 Å². The maximum Gasteiger partial charge on any atom is 0.267 e. The third-order valence-corrected chi connectivity index (χ3v) is 5.05. The molecule has 29 heavy (non-hydrogen) atoms. The Bertz CT molecular complexity index is 1010. The summed E-state index contributed by atoms with van der Waals surface area (Å²) in [7, 11) is 0. The predicted molar refractivity (Wildman–Crippen MR) is 107 cm³/mol. The fourth-order valence-electron chi connectivity index (χ4n) is 3.48. The summed E-state index contributed by atoms with van der Waals surface area (Å²) >= 11 is 0. The molecular weight excluding hydrogens is 373 g/mol. The molecule has 0 saturated carbocycles. The highest BCUT2D eigenvalue weighted by Crippen LogP contribution is 2.31. The van der Waals surface area contributed by atoms with Gasteiger partial charge in [-0.3, -0.25) is 9.78 Å². The lowest BCUT2D eigenvalue weighted by Crippen LogP contribution is -2.58. The monoisotopic (exact) mass is 395 g/mol. The lowest BCUT2D eigenvalue weighted by atomic mass is 10.0. The summed E-state index contributed by atoms with van der Waals surface area (Å²) in [6.45, 7) is 1.33. The van der Waals surface area contributed by atoms with E-state index in [1.165, 1.54) is 0 Å². The van der Waals surface area contributed by atoms with Gasteiger partial charge in [0, 0.05) is 29.6 Å². The number of halogens is 1. The second-order valence-electron chi connectivity index (χ2n) is 6.91. The SMILES string of the molecule is O=C(NC(F)(c1ccc2nc(CO)ccc2c1)N1CCOCC1)c1ccccc1. The van der Waals surface area contributed by atoms with E-state index in [0.29, 0.717) is 48.6 Å². The number of ether oxygens (including phenoxy) is 1. The number of aromatic nitrogens is 1. The quantitative estimate of drug-likeness (QED) is 0.650. The molecule has 4 rings (SSSR count). The van der Waals surface area contributed by atoms with Gasteiger partial charge >= 0.3 is 0 Å². The highest BCUT2D eigenvalue weighted by Gasteiger charge is 2.41. The Balaban J connectivity index is 1.73. The lowest BCUT2D eigenvalue weighted by Gasteiger charge is -2.40. The molecule has 0 aliphatic carbocycles. The first-order chi connectivity index (χ1) is 14.1. The zero-order valence-corrected chi connectivity index (χ0v) is 15.8. The first-order valence-electron chi connectivity index (χ1n) is 9.50. The summed E-state index contributed by atoms with van der Waals surface area (Å²) in [6, 6.07) is 17.1. The summed E-state index contributed by atoms with van der Waals surface area (Å²) in [5.41, 5.74) is 1.90. The number of aliphatic hydroxyl groups is 1. The van der Waals surface area contributed by atoms with E-state index >= 15 is 4.39 Å². The van der Waals surface area contributed by atoms with E-state index in [1.807, 2.05) is 0 Å². The van der Waals surface area contributed by atoms with Gasteiger partial charge in [0.05, 0.1) is 31.0 Å². The van der Waals surface area contributed by atoms with Crippen molar-refractivity contribution in [3.63, 3.8) is 0 Å². The normalized spacial score (nSPS) is 17.0. The number of hydrogen-bond acceptors (Lipinski definition) is 5. The van der Waals surface area contributed by atoms with Gasteiger partial charge in [-0.05, 0) is 30.3 Å². The van der Waals surface area contributed by atoms with E-state index in [2.05, 4.69) is 10.3 Å². The van der Waals surface area contributed by atoms with Crippen molar-refractivity contribution in [2.75, 3.05) is 26.3 Å². The maximum atomic E-state index is 16.5. The van der Waals surface area contributed by atoms with Crippen molar-refractivity contribution >= 4 is 16.8 Å². The van der Waals surface area contributed by atoms with Gasteiger partial charge in [-0.2, -0.15) is 4.39 Å². The Labute approximate surface area is 167 Å². The van der Waals surface area contributed by atoms with Crippen LogP contribution in [0.1, 0.15) is 21.6 Å². The summed E-state index contributed by atoms with van der Waals surface area (Å²) in [5.74, 6) is -2.69. The predicted octanol–water partition coefficient (Wildman–Crippen LogP) is 2.57. The van der Waals surface area contributed by atoms with Crippen LogP contribution in [-0.2, 0) is 17.3 Å². The molecule has 1 fully saturated rings. The fourth-order valence-corrected chi connectivity index (χ4v) is 3.48. The third-order valence-electron chi connectivity index (χ3n) is 5.05. The van der Waals surface area contributed by atoms with Crippen molar-refractivity contribution in [3.05, 3.63) is 77.5 Å². The van der Waals surface area contributed by atoms with Crippen molar-refractivity contribution in [3.8, 4) is 0 Å². The minimum Gasteiger partial charge on any atom is -0.390 e. The fraction of sp³-hybridized carbons (Fsp3) is 0.273. The van der Waals surface area contributed by atoms with E-state index in [4.69, 9.17) is 4.74 Å². The maximum absolute atomic E-state index is 16.5. The lowest BCUT2D eigenvalue weighted by molar-refractivity contribution is -0.107. The van der Waals surface area contributed by atoms with E-state index in [0.717, 1.165) is 5.39 Å². The number of alkyl halides is 1. The molecular formula is C22H22FN3O3. The highest BCUT2D eigenvalue weighted by atomic mass is 19.2. The number of carbonyl (C=O) groups excluding carboxylic acids is 1. The number of rotatable bonds is 5. The number of benzene rings is 2. The van der Waals surface area contributed by atoms with E-state index in [9.17, 15) is 9.90 Å². The van der Waals surface area contributed by atoms with Crippen LogP contribution < -0.4 is 5.32 Å². The number of aliphatic hydroxyl groups excluding tert-OH is 1. The molecule has 7 heteroatoms. The number of nitrogens with one attached hydrogen (secondary N) is 1. The van der Waals surface area contributed by atoms with E-state index < -0.39 is 11.8 Å². The van der Waals surface area contributed by atoms with Crippen molar-refractivity contribution in [2.45, 2.75) is 12.5 Å². The van der Waals surface area contributed by atoms with E-state index in [1.54, 1.807) is 65.6 Å². The van der Waals surface area contributed by atoms with Crippen molar-refractivity contribution in [2.24, 2.45) is 0 Å². The second kappa shape index (κ2) is 8.24. The molecule has 3 aromatic rings. The van der Waals surface area contributed by atoms with Gasteiger partial charge in [0.2, 0.25) is 0 Å². The zero-order chi connectivity index (χ0) is 20.3. The molecule has 2 N–H and O–H groups in total. The van der Waals surface area contributed by atoms with Crippen LogP contribution in [0.5, 0.6) is 0 Å². The molecule has 150 valence electrons. The molecule has 1 unspecified atom stereocenters. The van der Waals surface area contributed by atoms with Crippen LogP contribution in [0.15, 0.2) is 60.7 Å². The zero-order valence-electron chi connectivity index (χ0n) is 15.8. The molecule has 1 atom stereocenters. The molecule has 1 saturated heterocycles. The first kappa shape index (κ1) is 19.4. The molecule has 0 bridgehead atoms. The summed E-state index contributed by atoms with van der Waals surface area (Å²) < 4.78 is 21.9. The molecule has 2 heterocycles. The highest BCUT2D eigenvalue weighted by molar-refractivity contribution is 5.94. The topological polar surface area (TPSA) is 74.7 Å². The Morgan fingerprint density at radius 1 is 1.14 bits per heavy atom. The number of hydrogen-bond donors (Lipinski definition) is 2. The summed E-state index contributed by atoms with van der Waals surface area (Å²) in [4.78, 5) is 18.7. The Morgan fingerprint density at radius 3 is 2.62 bits per heavy atom. The minimum absolute atomic E-state index is 0.161. The van der Waals surface area contributed by atoms with Gasteiger partial charge in [-0.15, -0.1) is 0 Å². The van der Waals surface area contributed by atoms with E-state index in [-0.39, 0.29) is 6.61 Å². The van der Waals surface area contributed by atoms with Gasteiger partial charge in [0.25, 0.3) is 11.8 Å². The smallest absolute Gasteiger partial charge is 0.267 e. The molecule has 2 aromatic carbocycles. The molecule has 1 aliphatic heterocycles. The largest absolute Gasteiger partial charge is 0.390 e. The number of pyridine rings is 1. The summed E-state index contributed by atoms with van der Waals surface area (Å²) in [5, 5.41) is 12.6. The molecule has 0 radical (unpaired) electrons. The van der Waals surface area contributed by atoms with Crippen molar-refractivity contribution in [1.82, 2.24) is 15.2 Å². The first-order valence-corrected chi connectivity index (χ1v) is 9.50. The second-order valence-corrected chi connectivity index (χ2v) is 6.91. The molecule has 1 aromatic heterocycles. The average molecular weight is 395 g/mol. The van der Waals surface area contributed by atoms with Crippen LogP contribution >= 0.6 is 0 Å². The minimum atomic E-state index is -2.19. The van der Waals surface area contributed by atoms with Crippen molar-refractivity contribution < 1.29 is 19.0 Å². The van der Waals surface area contributed by atoms with Crippen LogP contribution in [0.3, 0.4) is 0 Å². The van der Waals surface area contributed by atoms with Crippen LogP contribution in [-0.4, -0.2) is 47.2 Å². The Kier molecular flexibility index (Phi) is 5.53. The molecule has 6 nitrogen and oxygen atoms in total. The molecule has 1 aliphatic rings. The van der Waals surface area contributed by atoms with Crippen LogP contribution in [0.4, 0.5) is 4.39 Å².